The van der Waals surface area contributed by atoms with Crippen LogP contribution in [0.1, 0.15) is 122 Å². The molecule has 180 valence electrons. The number of carbonyl (C=O) groups excluding carboxylic acids is 1. The van der Waals surface area contributed by atoms with Gasteiger partial charge in [0.2, 0.25) is 0 Å². The molecule has 0 aliphatic rings. The standard InChI is InChI=1S/C27H48O4/c1-3-5-6-7-8-9-10-11-12-13-14-15-16-17-18-19-20-21-22-25(24-26(28)29)27(30)31-23-4-2/h4,6-7,25H,2-3,5,8-24H2,1H3,(H,28,29)/b7-6+. The molecular weight excluding hydrogens is 388 g/mol. The number of hydrogen-bond acceptors (Lipinski definition) is 3. The van der Waals surface area contributed by atoms with Crippen molar-refractivity contribution < 1.29 is 19.4 Å². The molecule has 0 saturated heterocycles. The lowest BCUT2D eigenvalue weighted by molar-refractivity contribution is -0.152. The number of esters is 1. The summed E-state index contributed by atoms with van der Waals surface area (Å²) in [6.45, 7) is 5.88. The van der Waals surface area contributed by atoms with Crippen LogP contribution in [-0.2, 0) is 14.3 Å². The van der Waals surface area contributed by atoms with Crippen LogP contribution in [-0.4, -0.2) is 23.7 Å². The van der Waals surface area contributed by atoms with E-state index in [1.807, 2.05) is 0 Å². The lowest BCUT2D eigenvalue weighted by Gasteiger charge is -2.13. The van der Waals surface area contributed by atoms with Gasteiger partial charge in [0.25, 0.3) is 0 Å². The Kier molecular flexibility index (Phi) is 21.9. The minimum absolute atomic E-state index is 0.145. The molecule has 0 aromatic rings. The Bertz CT molecular complexity index is 470. The Morgan fingerprint density at radius 2 is 1.29 bits per heavy atom. The molecule has 0 saturated carbocycles. The Hall–Kier alpha value is -1.58. The molecule has 1 atom stereocenters. The van der Waals surface area contributed by atoms with E-state index >= 15 is 0 Å². The van der Waals surface area contributed by atoms with E-state index in [1.165, 1.54) is 89.5 Å². The van der Waals surface area contributed by atoms with Crippen LogP contribution in [0.2, 0.25) is 0 Å². The van der Waals surface area contributed by atoms with Crippen molar-refractivity contribution in [1.29, 1.82) is 0 Å². The normalized spacial score (nSPS) is 12.2. The zero-order chi connectivity index (χ0) is 23.0. The monoisotopic (exact) mass is 436 g/mol. The Morgan fingerprint density at radius 1 is 0.806 bits per heavy atom. The van der Waals surface area contributed by atoms with Gasteiger partial charge >= 0.3 is 11.9 Å². The molecule has 0 bridgehead atoms. The molecule has 0 aromatic carbocycles. The largest absolute Gasteiger partial charge is 0.481 e. The third-order valence-corrected chi connectivity index (χ3v) is 5.64. The second-order valence-corrected chi connectivity index (χ2v) is 8.65. The van der Waals surface area contributed by atoms with E-state index in [4.69, 9.17) is 9.84 Å². The number of allylic oxidation sites excluding steroid dienone is 2. The number of hydrogen-bond donors (Lipinski definition) is 1. The van der Waals surface area contributed by atoms with Gasteiger partial charge in [-0.15, -0.1) is 0 Å². The molecule has 1 N–H and O–H groups in total. The molecular formula is C27H48O4. The van der Waals surface area contributed by atoms with Gasteiger partial charge in [0.05, 0.1) is 12.3 Å². The van der Waals surface area contributed by atoms with Crippen LogP contribution in [0.4, 0.5) is 0 Å². The van der Waals surface area contributed by atoms with Crippen molar-refractivity contribution in [2.75, 3.05) is 6.61 Å². The highest BCUT2D eigenvalue weighted by atomic mass is 16.5. The van der Waals surface area contributed by atoms with Crippen molar-refractivity contribution in [3.05, 3.63) is 24.8 Å². The first kappa shape index (κ1) is 29.4. The summed E-state index contributed by atoms with van der Waals surface area (Å²) >= 11 is 0. The van der Waals surface area contributed by atoms with Gasteiger partial charge < -0.3 is 9.84 Å². The molecule has 0 rings (SSSR count). The quantitative estimate of drug-likeness (QED) is 0.100. The first-order valence-electron chi connectivity index (χ1n) is 12.8. The molecule has 31 heavy (non-hydrogen) atoms. The third kappa shape index (κ3) is 21.4. The van der Waals surface area contributed by atoms with Crippen molar-refractivity contribution in [3.8, 4) is 0 Å². The lowest BCUT2D eigenvalue weighted by Crippen LogP contribution is -2.21. The topological polar surface area (TPSA) is 63.6 Å². The smallest absolute Gasteiger partial charge is 0.309 e. The van der Waals surface area contributed by atoms with Crippen molar-refractivity contribution in [3.63, 3.8) is 0 Å². The maximum absolute atomic E-state index is 11.9. The highest BCUT2D eigenvalue weighted by molar-refractivity contribution is 5.79. The molecule has 0 amide bonds. The Labute approximate surface area is 191 Å². The number of carboxylic acid groups (broad SMARTS) is 1. The van der Waals surface area contributed by atoms with Crippen molar-refractivity contribution in [2.45, 2.75) is 122 Å². The van der Waals surface area contributed by atoms with Crippen LogP contribution in [0.5, 0.6) is 0 Å². The fourth-order valence-corrected chi connectivity index (χ4v) is 3.77. The van der Waals surface area contributed by atoms with E-state index in [-0.39, 0.29) is 13.0 Å². The van der Waals surface area contributed by atoms with E-state index < -0.39 is 17.9 Å². The van der Waals surface area contributed by atoms with Crippen molar-refractivity contribution in [1.82, 2.24) is 0 Å². The second-order valence-electron chi connectivity index (χ2n) is 8.65. The Morgan fingerprint density at radius 3 is 1.77 bits per heavy atom. The fraction of sp³-hybridized carbons (Fsp3) is 0.778. The van der Waals surface area contributed by atoms with E-state index in [0.29, 0.717) is 6.42 Å². The third-order valence-electron chi connectivity index (χ3n) is 5.64. The van der Waals surface area contributed by atoms with Gasteiger partial charge in [-0.2, -0.15) is 0 Å². The summed E-state index contributed by atoms with van der Waals surface area (Å²) < 4.78 is 5.02. The first-order valence-corrected chi connectivity index (χ1v) is 12.8. The summed E-state index contributed by atoms with van der Waals surface area (Å²) in [6, 6.07) is 0. The SMILES string of the molecule is C=CCOC(=O)C(CCCCCCCCCCCCCCC/C=C/CCC)CC(=O)O. The predicted molar refractivity (Wildman–Crippen MR) is 130 cm³/mol. The molecule has 0 spiro atoms. The molecule has 4 heteroatoms. The van der Waals surface area contributed by atoms with Crippen LogP contribution in [0.3, 0.4) is 0 Å². The van der Waals surface area contributed by atoms with Crippen molar-refractivity contribution in [2.24, 2.45) is 5.92 Å². The number of aliphatic carboxylic acids is 1. The minimum Gasteiger partial charge on any atom is -0.481 e. The van der Waals surface area contributed by atoms with Crippen LogP contribution in [0.15, 0.2) is 24.8 Å². The maximum atomic E-state index is 11.9. The summed E-state index contributed by atoms with van der Waals surface area (Å²) in [7, 11) is 0. The zero-order valence-corrected chi connectivity index (χ0v) is 20.1. The predicted octanol–water partition coefficient (Wildman–Crippen LogP) is 8.01. The van der Waals surface area contributed by atoms with Gasteiger partial charge in [0.1, 0.15) is 6.61 Å². The van der Waals surface area contributed by atoms with Crippen LogP contribution in [0.25, 0.3) is 0 Å². The molecule has 1 unspecified atom stereocenters. The van der Waals surface area contributed by atoms with Gasteiger partial charge in [-0.1, -0.05) is 115 Å². The first-order chi connectivity index (χ1) is 15.1. The average Bonchev–Trinajstić information content (AvgIpc) is 2.75. The molecule has 0 aromatic heterocycles. The van der Waals surface area contributed by atoms with Gasteiger partial charge in [-0.25, -0.2) is 0 Å². The van der Waals surface area contributed by atoms with E-state index in [2.05, 4.69) is 25.7 Å². The fourth-order valence-electron chi connectivity index (χ4n) is 3.77. The van der Waals surface area contributed by atoms with Gasteiger partial charge in [-0.3, -0.25) is 9.59 Å². The number of ether oxygens (including phenoxy) is 1. The summed E-state index contributed by atoms with van der Waals surface area (Å²) in [5, 5.41) is 8.98. The van der Waals surface area contributed by atoms with Crippen LogP contribution < -0.4 is 0 Å². The summed E-state index contributed by atoms with van der Waals surface area (Å²) in [6.07, 6.45) is 26.8. The highest BCUT2D eigenvalue weighted by Gasteiger charge is 2.22. The number of carboxylic acids is 1. The highest BCUT2D eigenvalue weighted by Crippen LogP contribution is 2.18. The maximum Gasteiger partial charge on any atom is 0.309 e. The molecule has 0 heterocycles. The summed E-state index contributed by atoms with van der Waals surface area (Å²) in [5.41, 5.74) is 0. The number of carbonyl (C=O) groups is 2. The van der Waals surface area contributed by atoms with Crippen molar-refractivity contribution >= 4 is 11.9 Å². The summed E-state index contributed by atoms with van der Waals surface area (Å²) in [5.74, 6) is -1.89. The van der Waals surface area contributed by atoms with Gasteiger partial charge in [0, 0.05) is 0 Å². The summed E-state index contributed by atoms with van der Waals surface area (Å²) in [4.78, 5) is 22.9. The lowest BCUT2D eigenvalue weighted by atomic mass is 9.97. The second kappa shape index (κ2) is 23.1. The minimum atomic E-state index is -0.944. The van der Waals surface area contributed by atoms with Crippen LogP contribution >= 0.6 is 0 Å². The zero-order valence-electron chi connectivity index (χ0n) is 20.1. The molecule has 0 radical (unpaired) electrons. The molecule has 0 aliphatic heterocycles. The molecule has 0 aliphatic carbocycles. The van der Waals surface area contributed by atoms with Gasteiger partial charge in [0.15, 0.2) is 0 Å². The molecule has 0 fully saturated rings. The van der Waals surface area contributed by atoms with E-state index in [0.717, 1.165) is 19.3 Å². The average molecular weight is 437 g/mol. The van der Waals surface area contributed by atoms with E-state index in [1.54, 1.807) is 0 Å². The van der Waals surface area contributed by atoms with E-state index in [9.17, 15) is 9.59 Å². The number of unbranched alkanes of at least 4 members (excludes halogenated alkanes) is 14. The molecule has 4 nitrogen and oxygen atoms in total. The van der Waals surface area contributed by atoms with Crippen LogP contribution in [0, 0.1) is 5.92 Å². The van der Waals surface area contributed by atoms with Gasteiger partial charge in [-0.05, 0) is 25.7 Å². The number of rotatable bonds is 23. The Balaban J connectivity index is 3.47.